The number of likely N-dealkylation sites (tertiary alicyclic amines) is 1. The van der Waals surface area contributed by atoms with Crippen LogP contribution in [0.2, 0.25) is 5.02 Å². The number of sulfone groups is 1. The van der Waals surface area contributed by atoms with Gasteiger partial charge in [-0.3, -0.25) is 0 Å². The molecule has 6 heteroatoms. The van der Waals surface area contributed by atoms with Crippen molar-refractivity contribution in [3.8, 4) is 0 Å². The normalized spacial score (nSPS) is 32.2. The van der Waals surface area contributed by atoms with Crippen LogP contribution in [0.15, 0.2) is 18.2 Å². The van der Waals surface area contributed by atoms with Gasteiger partial charge in [0, 0.05) is 23.5 Å². The first-order chi connectivity index (χ1) is 13.5. The van der Waals surface area contributed by atoms with E-state index in [1.807, 2.05) is 6.92 Å². The Kier molecular flexibility index (Phi) is 5.82. The van der Waals surface area contributed by atoms with E-state index >= 15 is 0 Å². The predicted molar refractivity (Wildman–Crippen MR) is 118 cm³/mol. The number of hydrogen-bond donors (Lipinski definition) is 1. The van der Waals surface area contributed by atoms with Crippen LogP contribution >= 0.6 is 11.6 Å². The Morgan fingerprint density at radius 1 is 1.24 bits per heavy atom. The summed E-state index contributed by atoms with van der Waals surface area (Å²) < 4.78 is 23.2. The van der Waals surface area contributed by atoms with Gasteiger partial charge in [-0.2, -0.15) is 0 Å². The molecule has 0 bridgehead atoms. The molecule has 0 amide bonds. The van der Waals surface area contributed by atoms with Gasteiger partial charge in [-0.1, -0.05) is 30.7 Å². The smallest absolute Gasteiger partial charge is 0.151 e. The lowest BCUT2D eigenvalue weighted by Gasteiger charge is -2.37. The third-order valence-electron chi connectivity index (χ3n) is 7.29. The highest BCUT2D eigenvalue weighted by Gasteiger charge is 2.51. The van der Waals surface area contributed by atoms with Crippen molar-refractivity contribution in [1.82, 2.24) is 4.90 Å². The minimum Gasteiger partial charge on any atom is -0.390 e. The fraction of sp³-hybridized carbons (Fsp3) is 0.739. The third kappa shape index (κ3) is 5.00. The summed E-state index contributed by atoms with van der Waals surface area (Å²) in [7, 11) is -2.75. The van der Waals surface area contributed by atoms with Gasteiger partial charge in [0.1, 0.15) is 0 Å². The molecular weight excluding hydrogens is 406 g/mol. The molecule has 2 aliphatic heterocycles. The van der Waals surface area contributed by atoms with Gasteiger partial charge in [-0.25, -0.2) is 8.42 Å². The van der Waals surface area contributed by atoms with Crippen LogP contribution in [-0.4, -0.2) is 55.2 Å². The summed E-state index contributed by atoms with van der Waals surface area (Å²) in [4.78, 5) is 2.45. The van der Waals surface area contributed by atoms with Crippen LogP contribution in [0, 0.1) is 11.3 Å². The van der Waals surface area contributed by atoms with E-state index in [0.717, 1.165) is 63.2 Å². The number of hydrogen-bond acceptors (Lipinski definition) is 4. The summed E-state index contributed by atoms with van der Waals surface area (Å²) in [6, 6.07) is 6.54. The topological polar surface area (TPSA) is 57.6 Å². The van der Waals surface area contributed by atoms with E-state index in [1.54, 1.807) is 0 Å². The highest BCUT2D eigenvalue weighted by molar-refractivity contribution is 7.92. The SMILES string of the molecule is CC(Cc1ccc(C2CCC(C)(O)CC2)c(Cl)c1)CN1CCC2(C1)CS(=O)(=O)C2. The number of aliphatic hydroxyl groups is 1. The maximum absolute atomic E-state index is 11.6. The molecule has 4 rings (SSSR count). The largest absolute Gasteiger partial charge is 0.390 e. The van der Waals surface area contributed by atoms with Crippen LogP contribution in [0.25, 0.3) is 0 Å². The van der Waals surface area contributed by atoms with Crippen molar-refractivity contribution in [2.45, 2.75) is 63.9 Å². The minimum atomic E-state index is -2.75. The molecule has 162 valence electrons. The Balaban J connectivity index is 1.30. The Bertz CT molecular complexity index is 845. The Labute approximate surface area is 180 Å². The second-order valence-corrected chi connectivity index (χ2v) is 12.9. The highest BCUT2D eigenvalue weighted by Crippen LogP contribution is 2.42. The summed E-state index contributed by atoms with van der Waals surface area (Å²) in [5.74, 6) is 1.74. The van der Waals surface area contributed by atoms with Crippen molar-refractivity contribution < 1.29 is 13.5 Å². The molecule has 1 atom stereocenters. The van der Waals surface area contributed by atoms with Crippen LogP contribution in [0.5, 0.6) is 0 Å². The quantitative estimate of drug-likeness (QED) is 0.751. The molecule has 29 heavy (non-hydrogen) atoms. The van der Waals surface area contributed by atoms with Crippen molar-refractivity contribution in [2.24, 2.45) is 11.3 Å². The maximum Gasteiger partial charge on any atom is 0.151 e. The Hall–Kier alpha value is -0.620. The summed E-state index contributed by atoms with van der Waals surface area (Å²) in [6.07, 6.45) is 5.68. The van der Waals surface area contributed by atoms with Gasteiger partial charge in [0.2, 0.25) is 0 Å². The molecule has 1 N–H and O–H groups in total. The Morgan fingerprint density at radius 2 is 1.93 bits per heavy atom. The molecule has 1 unspecified atom stereocenters. The van der Waals surface area contributed by atoms with Crippen LogP contribution < -0.4 is 0 Å². The minimum absolute atomic E-state index is 0.0498. The zero-order valence-electron chi connectivity index (χ0n) is 17.7. The molecule has 1 spiro atoms. The first kappa shape index (κ1) is 21.6. The van der Waals surface area contributed by atoms with E-state index in [2.05, 4.69) is 30.0 Å². The van der Waals surface area contributed by atoms with Crippen molar-refractivity contribution in [2.75, 3.05) is 31.1 Å². The molecule has 1 aromatic carbocycles. The van der Waals surface area contributed by atoms with Gasteiger partial charge >= 0.3 is 0 Å². The van der Waals surface area contributed by atoms with Gasteiger partial charge in [0.05, 0.1) is 17.1 Å². The standard InChI is InChI=1S/C23H34ClNO3S/c1-17(13-25-10-9-23(14-25)15-29(27,28)16-23)11-18-3-4-20(21(24)12-18)19-5-7-22(2,26)8-6-19/h3-4,12,17,19,26H,5-11,13-16H2,1-2H3. The Morgan fingerprint density at radius 3 is 2.55 bits per heavy atom. The van der Waals surface area contributed by atoms with Gasteiger partial charge in [0.15, 0.2) is 9.84 Å². The second-order valence-electron chi connectivity index (χ2n) is 10.5. The number of nitrogens with zero attached hydrogens (tertiary/aromatic N) is 1. The molecule has 3 aliphatic rings. The lowest BCUT2D eigenvalue weighted by atomic mass is 9.77. The maximum atomic E-state index is 11.6. The molecule has 3 fully saturated rings. The average Bonchev–Trinajstić information content (AvgIpc) is 2.97. The van der Waals surface area contributed by atoms with Crippen LogP contribution in [0.4, 0.5) is 0 Å². The third-order valence-corrected chi connectivity index (χ3v) is 9.72. The van der Waals surface area contributed by atoms with Crippen molar-refractivity contribution in [3.63, 3.8) is 0 Å². The first-order valence-electron chi connectivity index (χ1n) is 11.0. The molecule has 0 radical (unpaired) electrons. The summed E-state index contributed by atoms with van der Waals surface area (Å²) in [6.45, 7) is 7.17. The van der Waals surface area contributed by atoms with E-state index in [1.165, 1.54) is 11.1 Å². The molecule has 2 saturated heterocycles. The lowest BCUT2D eigenvalue weighted by Crippen LogP contribution is -2.50. The molecule has 4 nitrogen and oxygen atoms in total. The number of rotatable bonds is 5. The van der Waals surface area contributed by atoms with Gasteiger partial charge in [-0.05, 0) is 81.0 Å². The van der Waals surface area contributed by atoms with Gasteiger partial charge in [-0.15, -0.1) is 0 Å². The first-order valence-corrected chi connectivity index (χ1v) is 13.2. The summed E-state index contributed by atoms with van der Waals surface area (Å²) >= 11 is 6.65. The summed E-state index contributed by atoms with van der Waals surface area (Å²) in [5.41, 5.74) is 2.03. The van der Waals surface area contributed by atoms with E-state index in [9.17, 15) is 13.5 Å². The fourth-order valence-corrected chi connectivity index (χ4v) is 8.41. The van der Waals surface area contributed by atoms with Crippen LogP contribution in [0.1, 0.15) is 63.0 Å². The monoisotopic (exact) mass is 439 g/mol. The van der Waals surface area contributed by atoms with E-state index in [0.29, 0.717) is 23.3 Å². The number of halogens is 1. The van der Waals surface area contributed by atoms with Gasteiger partial charge < -0.3 is 10.0 Å². The van der Waals surface area contributed by atoms with Crippen LogP contribution in [0.3, 0.4) is 0 Å². The highest BCUT2D eigenvalue weighted by atomic mass is 35.5. The molecule has 1 aliphatic carbocycles. The fourth-order valence-electron chi connectivity index (χ4n) is 5.80. The van der Waals surface area contributed by atoms with Crippen molar-refractivity contribution in [3.05, 3.63) is 34.3 Å². The van der Waals surface area contributed by atoms with Crippen molar-refractivity contribution >= 4 is 21.4 Å². The predicted octanol–water partition coefficient (Wildman–Crippen LogP) is 4.05. The van der Waals surface area contributed by atoms with E-state index in [-0.39, 0.29) is 5.41 Å². The van der Waals surface area contributed by atoms with Gasteiger partial charge in [0.25, 0.3) is 0 Å². The molecular formula is C23H34ClNO3S. The average molecular weight is 440 g/mol. The van der Waals surface area contributed by atoms with Crippen molar-refractivity contribution in [1.29, 1.82) is 0 Å². The van der Waals surface area contributed by atoms with Crippen LogP contribution in [-0.2, 0) is 16.3 Å². The molecule has 2 heterocycles. The van der Waals surface area contributed by atoms with E-state index < -0.39 is 15.4 Å². The van der Waals surface area contributed by atoms with E-state index in [4.69, 9.17) is 11.6 Å². The number of benzene rings is 1. The molecule has 0 aromatic heterocycles. The zero-order chi connectivity index (χ0) is 20.9. The molecule has 1 aromatic rings. The summed E-state index contributed by atoms with van der Waals surface area (Å²) in [5, 5.41) is 11.0. The second kappa shape index (κ2) is 7.81. The lowest BCUT2D eigenvalue weighted by molar-refractivity contribution is 0.0172. The zero-order valence-corrected chi connectivity index (χ0v) is 19.2. The molecule has 1 saturated carbocycles.